The third-order valence-corrected chi connectivity index (χ3v) is 3.78. The minimum atomic E-state index is -0.218. The Bertz CT molecular complexity index is 755. The molecule has 2 aromatic carbocycles. The number of nitrogens with zero attached hydrogens (tertiary/aromatic N) is 2. The fraction of sp³-hybridized carbons (Fsp3) is 0.111. The van der Waals surface area contributed by atoms with Crippen molar-refractivity contribution in [3.63, 3.8) is 0 Å². The van der Waals surface area contributed by atoms with E-state index in [1.165, 1.54) is 0 Å². The number of carbonyl (C=O) groups excluding carboxylic acids is 1. The third-order valence-electron chi connectivity index (χ3n) is 3.53. The van der Waals surface area contributed by atoms with Crippen molar-refractivity contribution in [1.82, 2.24) is 14.9 Å². The highest BCUT2D eigenvalue weighted by Crippen LogP contribution is 2.23. The SMILES string of the molecule is O=C(Cn1ccnc1)N[C@H](c1ccccc1)c1ccc(Cl)cc1. The molecule has 1 N–H and O–H groups in total. The summed E-state index contributed by atoms with van der Waals surface area (Å²) in [4.78, 5) is 16.3. The van der Waals surface area contributed by atoms with Crippen LogP contribution in [0.25, 0.3) is 0 Å². The molecule has 116 valence electrons. The fourth-order valence-electron chi connectivity index (χ4n) is 2.41. The molecule has 3 aromatic rings. The average molecular weight is 326 g/mol. The average Bonchev–Trinajstić information content (AvgIpc) is 3.07. The van der Waals surface area contributed by atoms with Gasteiger partial charge in [0.05, 0.1) is 12.4 Å². The van der Waals surface area contributed by atoms with Crippen molar-refractivity contribution < 1.29 is 4.79 Å². The van der Waals surface area contributed by atoms with Crippen molar-refractivity contribution in [1.29, 1.82) is 0 Å². The zero-order chi connectivity index (χ0) is 16.1. The molecule has 1 heterocycles. The molecular formula is C18H16ClN3O. The van der Waals surface area contributed by atoms with Gasteiger partial charge in [0.25, 0.3) is 0 Å². The van der Waals surface area contributed by atoms with Gasteiger partial charge >= 0.3 is 0 Å². The van der Waals surface area contributed by atoms with Gasteiger partial charge in [-0.25, -0.2) is 4.98 Å². The van der Waals surface area contributed by atoms with Crippen LogP contribution in [-0.4, -0.2) is 15.5 Å². The van der Waals surface area contributed by atoms with Crippen molar-refractivity contribution in [2.75, 3.05) is 0 Å². The molecule has 0 saturated heterocycles. The Morgan fingerprint density at radius 1 is 1.09 bits per heavy atom. The number of hydrogen-bond acceptors (Lipinski definition) is 2. The highest BCUT2D eigenvalue weighted by molar-refractivity contribution is 6.30. The summed E-state index contributed by atoms with van der Waals surface area (Å²) >= 11 is 5.97. The number of amides is 1. The van der Waals surface area contributed by atoms with Gasteiger partial charge in [-0.1, -0.05) is 54.1 Å². The second-order valence-electron chi connectivity index (χ2n) is 5.20. The Morgan fingerprint density at radius 2 is 1.78 bits per heavy atom. The molecule has 0 bridgehead atoms. The topological polar surface area (TPSA) is 46.9 Å². The van der Waals surface area contributed by atoms with Gasteiger partial charge in [-0.2, -0.15) is 0 Å². The van der Waals surface area contributed by atoms with E-state index < -0.39 is 0 Å². The van der Waals surface area contributed by atoms with Gasteiger partial charge in [0.2, 0.25) is 5.91 Å². The molecule has 0 unspecified atom stereocenters. The minimum absolute atomic E-state index is 0.0770. The van der Waals surface area contributed by atoms with Crippen LogP contribution in [0, 0.1) is 0 Å². The quantitative estimate of drug-likeness (QED) is 0.781. The van der Waals surface area contributed by atoms with Crippen LogP contribution < -0.4 is 5.32 Å². The van der Waals surface area contributed by atoms with Crippen molar-refractivity contribution in [3.05, 3.63) is 89.5 Å². The maximum Gasteiger partial charge on any atom is 0.240 e. The first kappa shape index (κ1) is 15.3. The Labute approximate surface area is 139 Å². The van der Waals surface area contributed by atoms with E-state index in [9.17, 15) is 4.79 Å². The number of hydrogen-bond donors (Lipinski definition) is 1. The normalized spacial score (nSPS) is 11.9. The number of rotatable bonds is 5. The first-order chi connectivity index (χ1) is 11.2. The van der Waals surface area contributed by atoms with Crippen molar-refractivity contribution in [3.8, 4) is 0 Å². The summed E-state index contributed by atoms with van der Waals surface area (Å²) in [6.45, 7) is 0.233. The molecule has 23 heavy (non-hydrogen) atoms. The first-order valence-corrected chi connectivity index (χ1v) is 7.66. The Balaban J connectivity index is 1.83. The predicted molar refractivity (Wildman–Crippen MR) is 90.1 cm³/mol. The lowest BCUT2D eigenvalue weighted by molar-refractivity contribution is -0.122. The summed E-state index contributed by atoms with van der Waals surface area (Å²) in [5.41, 5.74) is 2.01. The molecule has 0 aliphatic carbocycles. The van der Waals surface area contributed by atoms with Crippen molar-refractivity contribution >= 4 is 17.5 Å². The zero-order valence-electron chi connectivity index (χ0n) is 12.4. The fourth-order valence-corrected chi connectivity index (χ4v) is 2.54. The molecule has 0 fully saturated rings. The van der Waals surface area contributed by atoms with Gasteiger partial charge in [-0.05, 0) is 23.3 Å². The van der Waals surface area contributed by atoms with Gasteiger partial charge in [0.15, 0.2) is 0 Å². The van der Waals surface area contributed by atoms with Crippen LogP contribution in [0.3, 0.4) is 0 Å². The summed E-state index contributed by atoms with van der Waals surface area (Å²) in [5, 5.41) is 3.75. The third kappa shape index (κ3) is 3.99. The Kier molecular flexibility index (Phi) is 4.74. The smallest absolute Gasteiger partial charge is 0.240 e. The zero-order valence-corrected chi connectivity index (χ0v) is 13.1. The molecule has 0 aliphatic heterocycles. The maximum atomic E-state index is 12.3. The van der Waals surface area contributed by atoms with Crippen LogP contribution >= 0.6 is 11.6 Å². The van der Waals surface area contributed by atoms with E-state index in [0.29, 0.717) is 5.02 Å². The molecule has 3 rings (SSSR count). The van der Waals surface area contributed by atoms with E-state index >= 15 is 0 Å². The molecule has 1 aromatic heterocycles. The molecular weight excluding hydrogens is 310 g/mol. The van der Waals surface area contributed by atoms with Gasteiger partial charge in [-0.15, -0.1) is 0 Å². The van der Waals surface area contributed by atoms with E-state index in [0.717, 1.165) is 11.1 Å². The highest BCUT2D eigenvalue weighted by Gasteiger charge is 2.16. The van der Waals surface area contributed by atoms with Crippen LogP contribution in [0.2, 0.25) is 5.02 Å². The molecule has 0 radical (unpaired) electrons. The molecule has 1 atom stereocenters. The molecule has 1 amide bonds. The van der Waals surface area contributed by atoms with Crippen LogP contribution in [0.4, 0.5) is 0 Å². The highest BCUT2D eigenvalue weighted by atomic mass is 35.5. The summed E-state index contributed by atoms with van der Waals surface area (Å²) in [5.74, 6) is -0.0770. The van der Waals surface area contributed by atoms with Crippen molar-refractivity contribution in [2.24, 2.45) is 0 Å². The number of nitrogens with one attached hydrogen (secondary N) is 1. The van der Waals surface area contributed by atoms with Crippen LogP contribution in [-0.2, 0) is 11.3 Å². The Hall–Kier alpha value is -2.59. The van der Waals surface area contributed by atoms with E-state index in [1.54, 1.807) is 23.3 Å². The minimum Gasteiger partial charge on any atom is -0.344 e. The number of benzene rings is 2. The lowest BCUT2D eigenvalue weighted by Crippen LogP contribution is -2.32. The Morgan fingerprint density at radius 3 is 2.43 bits per heavy atom. The number of aromatic nitrogens is 2. The summed E-state index contributed by atoms with van der Waals surface area (Å²) in [6, 6.07) is 17.2. The van der Waals surface area contributed by atoms with Crippen LogP contribution in [0.5, 0.6) is 0 Å². The second-order valence-corrected chi connectivity index (χ2v) is 5.63. The largest absolute Gasteiger partial charge is 0.344 e. The molecule has 4 nitrogen and oxygen atoms in total. The van der Waals surface area contributed by atoms with E-state index in [4.69, 9.17) is 11.6 Å². The number of carbonyl (C=O) groups is 1. The summed E-state index contributed by atoms with van der Waals surface area (Å²) < 4.78 is 1.74. The first-order valence-electron chi connectivity index (χ1n) is 7.28. The summed E-state index contributed by atoms with van der Waals surface area (Å²) in [7, 11) is 0. The van der Waals surface area contributed by atoms with E-state index in [1.807, 2.05) is 54.6 Å². The standard InChI is InChI=1S/C18H16ClN3O/c19-16-8-6-15(7-9-16)18(14-4-2-1-3-5-14)21-17(23)12-22-11-10-20-13-22/h1-11,13,18H,12H2,(H,21,23)/t18-/m1/s1. The monoisotopic (exact) mass is 325 g/mol. The number of imidazole rings is 1. The van der Waals surface area contributed by atoms with Crippen LogP contribution in [0.1, 0.15) is 17.2 Å². The van der Waals surface area contributed by atoms with Gasteiger partial charge < -0.3 is 9.88 Å². The predicted octanol–water partition coefficient (Wildman–Crippen LogP) is 3.44. The number of halogens is 1. The molecule has 0 spiro atoms. The van der Waals surface area contributed by atoms with Crippen molar-refractivity contribution in [2.45, 2.75) is 12.6 Å². The molecule has 0 aliphatic rings. The lowest BCUT2D eigenvalue weighted by atomic mass is 9.98. The maximum absolute atomic E-state index is 12.3. The van der Waals surface area contributed by atoms with E-state index in [2.05, 4.69) is 10.3 Å². The van der Waals surface area contributed by atoms with Crippen LogP contribution in [0.15, 0.2) is 73.3 Å². The molecule has 5 heteroatoms. The second kappa shape index (κ2) is 7.11. The van der Waals surface area contributed by atoms with E-state index in [-0.39, 0.29) is 18.5 Å². The summed E-state index contributed by atoms with van der Waals surface area (Å²) in [6.07, 6.45) is 5.04. The van der Waals surface area contributed by atoms with Gasteiger partial charge in [0, 0.05) is 17.4 Å². The van der Waals surface area contributed by atoms with Gasteiger partial charge in [-0.3, -0.25) is 4.79 Å². The van der Waals surface area contributed by atoms with Gasteiger partial charge in [0.1, 0.15) is 6.54 Å². The molecule has 0 saturated carbocycles. The lowest BCUT2D eigenvalue weighted by Gasteiger charge is -2.20.